The molecule has 2 aromatic carbocycles. The van der Waals surface area contributed by atoms with Crippen molar-refractivity contribution in [2.45, 2.75) is 19.4 Å². The van der Waals surface area contributed by atoms with Crippen molar-refractivity contribution >= 4 is 23.5 Å². The molecule has 0 aliphatic carbocycles. The Morgan fingerprint density at radius 3 is 2.56 bits per heavy atom. The van der Waals surface area contributed by atoms with Crippen molar-refractivity contribution in [3.63, 3.8) is 0 Å². The summed E-state index contributed by atoms with van der Waals surface area (Å²) >= 11 is 5.88. The van der Waals surface area contributed by atoms with Crippen molar-refractivity contribution in [2.75, 3.05) is 11.9 Å². The molecular formula is C21H21ClN4O. The molecule has 3 rings (SSSR count). The number of anilines is 1. The maximum atomic E-state index is 12.3. The summed E-state index contributed by atoms with van der Waals surface area (Å²) in [5.41, 5.74) is 2.57. The second-order valence-electron chi connectivity index (χ2n) is 6.17. The first-order valence-electron chi connectivity index (χ1n) is 8.79. The van der Waals surface area contributed by atoms with E-state index < -0.39 is 0 Å². The third kappa shape index (κ3) is 5.53. The average molecular weight is 381 g/mol. The predicted molar refractivity (Wildman–Crippen MR) is 108 cm³/mol. The molecule has 1 unspecified atom stereocenters. The van der Waals surface area contributed by atoms with E-state index in [1.54, 1.807) is 12.3 Å². The van der Waals surface area contributed by atoms with Gasteiger partial charge in [-0.1, -0.05) is 54.1 Å². The molecule has 1 atom stereocenters. The fourth-order valence-electron chi connectivity index (χ4n) is 2.64. The molecule has 1 aromatic heterocycles. The topological polar surface area (TPSA) is 66.9 Å². The first kappa shape index (κ1) is 18.9. The molecular weight excluding hydrogens is 360 g/mol. The van der Waals surface area contributed by atoms with Crippen LogP contribution in [0.25, 0.3) is 0 Å². The third-order valence-corrected chi connectivity index (χ3v) is 4.40. The van der Waals surface area contributed by atoms with Crippen LogP contribution >= 0.6 is 11.6 Å². The van der Waals surface area contributed by atoms with E-state index in [9.17, 15) is 4.79 Å². The maximum Gasteiger partial charge on any atom is 0.270 e. The molecule has 0 radical (unpaired) electrons. The highest BCUT2D eigenvalue weighted by molar-refractivity contribution is 6.30. The van der Waals surface area contributed by atoms with E-state index in [-0.39, 0.29) is 11.9 Å². The van der Waals surface area contributed by atoms with Gasteiger partial charge in [0.1, 0.15) is 5.69 Å². The smallest absolute Gasteiger partial charge is 0.270 e. The number of aromatic nitrogens is 2. The van der Waals surface area contributed by atoms with Crippen molar-refractivity contribution in [1.29, 1.82) is 0 Å². The van der Waals surface area contributed by atoms with Crippen LogP contribution in [0.2, 0.25) is 5.02 Å². The monoisotopic (exact) mass is 380 g/mol. The minimum atomic E-state index is -0.221. The van der Waals surface area contributed by atoms with Crippen molar-refractivity contribution in [2.24, 2.45) is 0 Å². The summed E-state index contributed by atoms with van der Waals surface area (Å²) in [5.74, 6) is 0.207. The molecule has 1 heterocycles. The van der Waals surface area contributed by atoms with Gasteiger partial charge in [-0.2, -0.15) is 0 Å². The highest BCUT2D eigenvalue weighted by atomic mass is 35.5. The van der Waals surface area contributed by atoms with E-state index in [2.05, 4.69) is 20.6 Å². The third-order valence-electron chi connectivity index (χ3n) is 4.15. The lowest BCUT2D eigenvalue weighted by Crippen LogP contribution is -2.27. The number of carbonyl (C=O) groups is 1. The number of benzene rings is 2. The summed E-state index contributed by atoms with van der Waals surface area (Å²) in [6.07, 6.45) is 2.31. The molecule has 0 fully saturated rings. The lowest BCUT2D eigenvalue weighted by Gasteiger charge is -2.14. The first-order chi connectivity index (χ1) is 13.1. The zero-order valence-corrected chi connectivity index (χ0v) is 15.8. The quantitative estimate of drug-likeness (QED) is 0.642. The lowest BCUT2D eigenvalue weighted by atomic mass is 10.1. The largest absolute Gasteiger partial charge is 0.350 e. The lowest BCUT2D eigenvalue weighted by molar-refractivity contribution is 0.0949. The Labute approximate surface area is 163 Å². The van der Waals surface area contributed by atoms with Crippen molar-refractivity contribution in [3.05, 3.63) is 88.7 Å². The van der Waals surface area contributed by atoms with Crippen LogP contribution in [0.15, 0.2) is 66.9 Å². The van der Waals surface area contributed by atoms with Crippen LogP contribution < -0.4 is 10.6 Å². The van der Waals surface area contributed by atoms with Gasteiger partial charge in [0.2, 0.25) is 5.95 Å². The Morgan fingerprint density at radius 2 is 1.81 bits per heavy atom. The van der Waals surface area contributed by atoms with Crippen molar-refractivity contribution in [3.8, 4) is 0 Å². The van der Waals surface area contributed by atoms with Gasteiger partial charge < -0.3 is 10.6 Å². The van der Waals surface area contributed by atoms with Crippen LogP contribution in [0.1, 0.15) is 34.6 Å². The average Bonchev–Trinajstić information content (AvgIpc) is 2.70. The Balaban J connectivity index is 1.56. The molecule has 0 saturated heterocycles. The van der Waals surface area contributed by atoms with E-state index >= 15 is 0 Å². The Hall–Kier alpha value is -2.92. The van der Waals surface area contributed by atoms with E-state index in [1.165, 1.54) is 0 Å². The molecule has 0 bridgehead atoms. The van der Waals surface area contributed by atoms with Gasteiger partial charge in [-0.25, -0.2) is 9.97 Å². The Morgan fingerprint density at radius 1 is 1.07 bits per heavy atom. The summed E-state index contributed by atoms with van der Waals surface area (Å²) in [4.78, 5) is 20.9. The number of nitrogens with zero attached hydrogens (tertiary/aromatic N) is 2. The summed E-state index contributed by atoms with van der Waals surface area (Å²) < 4.78 is 0. The second kappa shape index (κ2) is 9.14. The van der Waals surface area contributed by atoms with E-state index in [0.29, 0.717) is 23.2 Å². The highest BCUT2D eigenvalue weighted by Gasteiger charge is 2.11. The summed E-state index contributed by atoms with van der Waals surface area (Å²) in [5, 5.41) is 6.81. The number of hydrogen-bond donors (Lipinski definition) is 2. The molecule has 3 aromatic rings. The molecule has 0 spiro atoms. The van der Waals surface area contributed by atoms with Crippen molar-refractivity contribution < 1.29 is 4.79 Å². The number of amides is 1. The zero-order valence-electron chi connectivity index (χ0n) is 15.0. The van der Waals surface area contributed by atoms with Crippen LogP contribution in [-0.4, -0.2) is 22.4 Å². The molecule has 0 aliphatic rings. The van der Waals surface area contributed by atoms with Crippen LogP contribution in [0.3, 0.4) is 0 Å². The molecule has 6 heteroatoms. The molecule has 0 aliphatic heterocycles. The summed E-state index contributed by atoms with van der Waals surface area (Å²) in [6.45, 7) is 2.55. The molecule has 2 N–H and O–H groups in total. The van der Waals surface area contributed by atoms with Crippen LogP contribution in [0, 0.1) is 0 Å². The number of rotatable bonds is 7. The SMILES string of the molecule is CC(Nc1nccc(C(=O)NCCc2ccc(Cl)cc2)n1)c1ccccc1. The maximum absolute atomic E-state index is 12.3. The van der Waals surface area contributed by atoms with Crippen molar-refractivity contribution in [1.82, 2.24) is 15.3 Å². The van der Waals surface area contributed by atoms with E-state index in [1.807, 2.05) is 61.5 Å². The van der Waals surface area contributed by atoms with Crippen LogP contribution in [0.5, 0.6) is 0 Å². The van der Waals surface area contributed by atoms with Gasteiger partial charge in [0.25, 0.3) is 5.91 Å². The van der Waals surface area contributed by atoms with Gasteiger partial charge in [0.05, 0.1) is 6.04 Å². The van der Waals surface area contributed by atoms with Crippen LogP contribution in [0.4, 0.5) is 5.95 Å². The van der Waals surface area contributed by atoms with Gasteiger partial charge in [-0.15, -0.1) is 0 Å². The van der Waals surface area contributed by atoms with Crippen LogP contribution in [-0.2, 0) is 6.42 Å². The summed E-state index contributed by atoms with van der Waals surface area (Å²) in [6, 6.07) is 19.2. The highest BCUT2D eigenvalue weighted by Crippen LogP contribution is 2.16. The zero-order chi connectivity index (χ0) is 19.1. The molecule has 5 nitrogen and oxygen atoms in total. The van der Waals surface area contributed by atoms with Gasteiger partial charge in [-0.3, -0.25) is 4.79 Å². The molecule has 1 amide bonds. The van der Waals surface area contributed by atoms with E-state index in [4.69, 9.17) is 11.6 Å². The molecule has 27 heavy (non-hydrogen) atoms. The fourth-order valence-corrected chi connectivity index (χ4v) is 2.76. The number of carbonyl (C=O) groups excluding carboxylic acids is 1. The number of halogens is 1. The minimum Gasteiger partial charge on any atom is -0.350 e. The first-order valence-corrected chi connectivity index (χ1v) is 9.17. The second-order valence-corrected chi connectivity index (χ2v) is 6.61. The van der Waals surface area contributed by atoms with Gasteiger partial charge >= 0.3 is 0 Å². The van der Waals surface area contributed by atoms with Gasteiger partial charge in [0.15, 0.2) is 0 Å². The minimum absolute atomic E-state index is 0.0365. The molecule has 0 saturated carbocycles. The predicted octanol–water partition coefficient (Wildman–Crippen LogP) is 4.28. The number of hydrogen-bond acceptors (Lipinski definition) is 4. The summed E-state index contributed by atoms with van der Waals surface area (Å²) in [7, 11) is 0. The standard InChI is InChI=1S/C21H21ClN4O/c1-15(17-5-3-2-4-6-17)25-21-24-14-12-19(26-21)20(27)23-13-11-16-7-9-18(22)10-8-16/h2-10,12,14-15H,11,13H2,1H3,(H,23,27)(H,24,25,26). The number of nitrogens with one attached hydrogen (secondary N) is 2. The Bertz CT molecular complexity index is 884. The Kier molecular flexibility index (Phi) is 6.39. The normalized spacial score (nSPS) is 11.6. The fraction of sp³-hybridized carbons (Fsp3) is 0.190. The van der Waals surface area contributed by atoms with E-state index in [0.717, 1.165) is 17.5 Å². The molecule has 138 valence electrons. The van der Waals surface area contributed by atoms with Gasteiger partial charge in [0, 0.05) is 17.8 Å². The van der Waals surface area contributed by atoms with Gasteiger partial charge in [-0.05, 0) is 42.7 Å².